The van der Waals surface area contributed by atoms with E-state index in [0.717, 1.165) is 4.31 Å². The normalized spacial score (nSPS) is 12.5. The Bertz CT molecular complexity index is 1570. The van der Waals surface area contributed by atoms with Gasteiger partial charge < -0.3 is 24.3 Å². The van der Waals surface area contributed by atoms with Crippen molar-refractivity contribution in [1.82, 2.24) is 0 Å². The lowest BCUT2D eigenvalue weighted by Gasteiger charge is -2.23. The van der Waals surface area contributed by atoms with Crippen molar-refractivity contribution in [3.63, 3.8) is 0 Å². The summed E-state index contributed by atoms with van der Waals surface area (Å²) in [6.07, 6.45) is 0. The smallest absolute Gasteiger partial charge is 0.262 e. The van der Waals surface area contributed by atoms with Crippen molar-refractivity contribution in [2.45, 2.75) is 11.8 Å². The summed E-state index contributed by atoms with van der Waals surface area (Å²) >= 11 is 0. The molecular formula is C25H27N3O9S2. The summed E-state index contributed by atoms with van der Waals surface area (Å²) in [6, 6.07) is 14.7. The molecular weight excluding hydrogens is 550 g/mol. The largest absolute Gasteiger partial charge is 0.497 e. The van der Waals surface area contributed by atoms with Gasteiger partial charge in [0.05, 0.1) is 36.2 Å². The minimum atomic E-state index is -4.01. The fourth-order valence-corrected chi connectivity index (χ4v) is 5.81. The van der Waals surface area contributed by atoms with Crippen LogP contribution in [-0.2, 0) is 24.8 Å². The van der Waals surface area contributed by atoms with Crippen molar-refractivity contribution in [3.8, 4) is 23.0 Å². The lowest BCUT2D eigenvalue weighted by atomic mass is 10.2. The van der Waals surface area contributed by atoms with E-state index in [4.69, 9.17) is 18.9 Å². The molecule has 0 saturated heterocycles. The van der Waals surface area contributed by atoms with E-state index < -0.39 is 32.5 Å². The van der Waals surface area contributed by atoms with Gasteiger partial charge >= 0.3 is 0 Å². The Morgan fingerprint density at radius 2 is 1.64 bits per heavy atom. The fourth-order valence-electron chi connectivity index (χ4n) is 3.69. The summed E-state index contributed by atoms with van der Waals surface area (Å²) in [6.45, 7) is 0.989. The van der Waals surface area contributed by atoms with E-state index in [9.17, 15) is 21.6 Å². The van der Waals surface area contributed by atoms with Gasteiger partial charge in [0.15, 0.2) is 11.5 Å². The van der Waals surface area contributed by atoms with Crippen molar-refractivity contribution < 1.29 is 40.6 Å². The quantitative estimate of drug-likeness (QED) is 0.351. The number of ether oxygens (including phenoxy) is 4. The highest BCUT2D eigenvalue weighted by Gasteiger charge is 2.26. The van der Waals surface area contributed by atoms with Gasteiger partial charge in [-0.25, -0.2) is 16.8 Å². The predicted molar refractivity (Wildman–Crippen MR) is 145 cm³/mol. The molecule has 3 aromatic rings. The maximum atomic E-state index is 12.9. The second-order valence-electron chi connectivity index (χ2n) is 8.19. The van der Waals surface area contributed by atoms with Crippen LogP contribution in [0.5, 0.6) is 23.0 Å². The van der Waals surface area contributed by atoms with Crippen molar-refractivity contribution in [3.05, 3.63) is 60.7 Å². The van der Waals surface area contributed by atoms with Gasteiger partial charge in [0.25, 0.3) is 10.0 Å². The van der Waals surface area contributed by atoms with E-state index in [1.54, 1.807) is 18.2 Å². The Kier molecular flexibility index (Phi) is 8.06. The lowest BCUT2D eigenvalue weighted by Crippen LogP contribution is -2.39. The Hall–Kier alpha value is -4.17. The van der Waals surface area contributed by atoms with Crippen LogP contribution in [0.15, 0.2) is 65.6 Å². The molecule has 14 heteroatoms. The number of fused-ring (bicyclic) bond motifs is 1. The summed E-state index contributed by atoms with van der Waals surface area (Å²) in [5, 5.41) is 2.60. The van der Waals surface area contributed by atoms with Crippen LogP contribution < -0.4 is 33.3 Å². The Balaban J connectivity index is 1.48. The average molecular weight is 578 g/mol. The molecule has 0 aliphatic carbocycles. The monoisotopic (exact) mass is 577 g/mol. The Morgan fingerprint density at radius 1 is 0.923 bits per heavy atom. The van der Waals surface area contributed by atoms with Gasteiger partial charge in [-0.05, 0) is 55.5 Å². The van der Waals surface area contributed by atoms with Crippen LogP contribution in [0.1, 0.15) is 6.92 Å². The van der Waals surface area contributed by atoms with Crippen LogP contribution in [0.3, 0.4) is 0 Å². The molecule has 39 heavy (non-hydrogen) atoms. The molecule has 0 fully saturated rings. The molecule has 1 aliphatic heterocycles. The van der Waals surface area contributed by atoms with E-state index in [0.29, 0.717) is 23.0 Å². The molecule has 1 heterocycles. The number of anilines is 3. The van der Waals surface area contributed by atoms with Gasteiger partial charge in [-0.3, -0.25) is 13.8 Å². The van der Waals surface area contributed by atoms with Gasteiger partial charge in [-0.15, -0.1) is 0 Å². The number of carbonyl (C=O) groups is 1. The third-order valence-corrected chi connectivity index (χ3v) is 8.85. The zero-order valence-corrected chi connectivity index (χ0v) is 23.0. The first kappa shape index (κ1) is 27.9. The molecule has 4 rings (SSSR count). The molecule has 0 spiro atoms. The van der Waals surface area contributed by atoms with Crippen molar-refractivity contribution in [2.24, 2.45) is 0 Å². The minimum absolute atomic E-state index is 0.0219. The van der Waals surface area contributed by atoms with Crippen LogP contribution >= 0.6 is 0 Å². The van der Waals surface area contributed by atoms with Crippen molar-refractivity contribution in [2.75, 3.05) is 47.7 Å². The number of rotatable bonds is 11. The van der Waals surface area contributed by atoms with Crippen LogP contribution in [0.4, 0.5) is 17.1 Å². The lowest BCUT2D eigenvalue weighted by molar-refractivity contribution is -0.114. The molecule has 0 atom stereocenters. The number of methoxy groups -OCH3 is 2. The first-order valence-corrected chi connectivity index (χ1v) is 14.7. The van der Waals surface area contributed by atoms with Crippen LogP contribution in [0.25, 0.3) is 0 Å². The number of sulfonamides is 2. The van der Waals surface area contributed by atoms with Gasteiger partial charge in [-0.2, -0.15) is 0 Å². The number of hydrogen-bond donors (Lipinski definition) is 2. The van der Waals surface area contributed by atoms with Gasteiger partial charge in [0.2, 0.25) is 22.7 Å². The molecule has 2 N–H and O–H groups in total. The van der Waals surface area contributed by atoms with Crippen LogP contribution in [0, 0.1) is 0 Å². The molecule has 0 saturated carbocycles. The highest BCUT2D eigenvalue weighted by molar-refractivity contribution is 7.93. The molecule has 12 nitrogen and oxygen atoms in total. The molecule has 3 aromatic carbocycles. The predicted octanol–water partition coefficient (Wildman–Crippen LogP) is 3.03. The molecule has 0 aromatic heterocycles. The first-order chi connectivity index (χ1) is 18.6. The average Bonchev–Trinajstić information content (AvgIpc) is 3.39. The van der Waals surface area contributed by atoms with E-state index in [1.807, 2.05) is 0 Å². The van der Waals surface area contributed by atoms with E-state index in [2.05, 4.69) is 10.0 Å². The molecule has 0 radical (unpaired) electrons. The topological polar surface area (TPSA) is 150 Å². The van der Waals surface area contributed by atoms with Crippen molar-refractivity contribution >= 4 is 43.0 Å². The number of nitrogens with zero attached hydrogens (tertiary/aromatic N) is 1. The minimum Gasteiger partial charge on any atom is -0.497 e. The summed E-state index contributed by atoms with van der Waals surface area (Å²) in [5.74, 6) is 0.739. The molecule has 208 valence electrons. The number of nitrogens with one attached hydrogen (secondary N) is 2. The second-order valence-corrected chi connectivity index (χ2v) is 12.1. The van der Waals surface area contributed by atoms with Gasteiger partial charge in [0, 0.05) is 17.8 Å². The SMILES string of the molecule is CCS(=O)(=O)N(CC(=O)Nc1ccc(S(=O)(=O)Nc2cc(OC)ccc2OC)cc1)c1ccc2c(c1)OCO2. The molecule has 0 unspecified atom stereocenters. The highest BCUT2D eigenvalue weighted by atomic mass is 32.2. The molecule has 1 aliphatic rings. The van der Waals surface area contributed by atoms with Gasteiger partial charge in [0.1, 0.15) is 18.0 Å². The summed E-state index contributed by atoms with van der Waals surface area (Å²) < 4.78 is 75.8. The van der Waals surface area contributed by atoms with Crippen molar-refractivity contribution in [1.29, 1.82) is 0 Å². The van der Waals surface area contributed by atoms with Crippen LogP contribution in [0.2, 0.25) is 0 Å². The fraction of sp³-hybridized carbons (Fsp3) is 0.240. The van der Waals surface area contributed by atoms with Gasteiger partial charge in [-0.1, -0.05) is 0 Å². The summed E-state index contributed by atoms with van der Waals surface area (Å²) in [5.41, 5.74) is 0.712. The zero-order chi connectivity index (χ0) is 28.2. The number of hydrogen-bond acceptors (Lipinski definition) is 9. The number of benzene rings is 3. The van der Waals surface area contributed by atoms with Crippen LogP contribution in [-0.4, -0.2) is 56.1 Å². The maximum Gasteiger partial charge on any atom is 0.262 e. The third kappa shape index (κ3) is 6.29. The summed E-state index contributed by atoms with van der Waals surface area (Å²) in [7, 11) is -4.95. The number of carbonyl (C=O) groups excluding carboxylic acids is 1. The van der Waals surface area contributed by atoms with E-state index >= 15 is 0 Å². The Labute approximate surface area is 226 Å². The van der Waals surface area contributed by atoms with E-state index in [-0.39, 0.29) is 34.5 Å². The third-order valence-electron chi connectivity index (χ3n) is 5.73. The Morgan fingerprint density at radius 3 is 2.31 bits per heavy atom. The first-order valence-electron chi connectivity index (χ1n) is 11.6. The number of amides is 1. The standard InChI is InChI=1S/C25H27N3O9S2/c1-4-38(30,31)28(18-7-11-23-24(13-18)37-16-36-23)15-25(29)26-17-5-9-20(10-6-17)39(32,33)27-21-14-19(34-2)8-12-22(21)35-3/h5-14,27H,4,15-16H2,1-3H3,(H,26,29). The summed E-state index contributed by atoms with van der Waals surface area (Å²) in [4.78, 5) is 12.7. The highest BCUT2D eigenvalue weighted by Crippen LogP contribution is 2.36. The van der Waals surface area contributed by atoms with E-state index in [1.165, 1.54) is 63.6 Å². The maximum absolute atomic E-state index is 12.9. The molecule has 0 bridgehead atoms. The zero-order valence-electron chi connectivity index (χ0n) is 21.3. The second kappa shape index (κ2) is 11.3. The molecule has 1 amide bonds.